The summed E-state index contributed by atoms with van der Waals surface area (Å²) in [5, 5.41) is 21.2. The summed E-state index contributed by atoms with van der Waals surface area (Å²) in [5.41, 5.74) is 0. The molecule has 0 fully saturated rings. The van der Waals surface area contributed by atoms with Crippen molar-refractivity contribution in [1.29, 1.82) is 0 Å². The first-order valence-corrected chi connectivity index (χ1v) is 0.806. The summed E-state index contributed by atoms with van der Waals surface area (Å²) in [5.74, 6) is 3.50. The molecular formula is H3N2O4-. The van der Waals surface area contributed by atoms with E-state index >= 15 is 0 Å². The average Bonchev–Trinajstić information content (AvgIpc) is 1.41. The molecule has 0 saturated heterocycles. The molecule has 6 heavy (non-hydrogen) atoms. The minimum atomic E-state index is -1.75. The molecule has 0 saturated carbocycles. The van der Waals surface area contributed by atoms with E-state index in [4.69, 9.17) is 20.5 Å². The number of nitrogens with zero attached hydrogens (tertiary/aromatic N) is 1. The third-order valence-electron chi connectivity index (χ3n) is 0. The van der Waals surface area contributed by atoms with Gasteiger partial charge in [-0.3, -0.25) is 0 Å². The van der Waals surface area contributed by atoms with E-state index < -0.39 is 5.09 Å². The van der Waals surface area contributed by atoms with E-state index in [0.717, 1.165) is 0 Å². The Bertz CT molecular complexity index is 28.5. The van der Waals surface area contributed by atoms with Crippen LogP contribution in [-0.4, -0.2) is 10.3 Å². The molecule has 0 bridgehead atoms. The summed E-state index contributed by atoms with van der Waals surface area (Å²) in [7, 11) is 0. The first kappa shape index (κ1) is 8.93. The van der Waals surface area contributed by atoms with Crippen molar-refractivity contribution >= 4 is 0 Å². The highest BCUT2D eigenvalue weighted by molar-refractivity contribution is 4.03. The Kier molecular flexibility index (Phi) is 13.3. The van der Waals surface area contributed by atoms with E-state index in [9.17, 15) is 0 Å². The summed E-state index contributed by atoms with van der Waals surface area (Å²) < 4.78 is 0. The molecule has 0 atom stereocenters. The zero-order valence-electron chi connectivity index (χ0n) is 2.70. The lowest BCUT2D eigenvalue weighted by Gasteiger charge is -1.74. The van der Waals surface area contributed by atoms with Crippen LogP contribution in [0.5, 0.6) is 0 Å². The van der Waals surface area contributed by atoms with Gasteiger partial charge in [0.25, 0.3) is 0 Å². The van der Waals surface area contributed by atoms with Gasteiger partial charge in [0.05, 0.1) is 5.09 Å². The standard InChI is InChI=1S/NO3.H3NO/c2-1(3)4;1-2/h;2H,1H2/q-1;. The molecule has 6 heteroatoms. The van der Waals surface area contributed by atoms with E-state index in [1.54, 1.807) is 0 Å². The fourth-order valence-electron chi connectivity index (χ4n) is 0. The predicted octanol–water partition coefficient (Wildman–Crippen LogP) is -0.905. The van der Waals surface area contributed by atoms with Crippen molar-refractivity contribution in [2.75, 3.05) is 0 Å². The molecule has 0 rings (SSSR count). The Morgan fingerprint density at radius 2 is 1.50 bits per heavy atom. The van der Waals surface area contributed by atoms with Crippen LogP contribution in [0.2, 0.25) is 0 Å². The molecule has 0 radical (unpaired) electrons. The topological polar surface area (TPSA) is 112 Å². The van der Waals surface area contributed by atoms with E-state index in [1.165, 1.54) is 0 Å². The van der Waals surface area contributed by atoms with Gasteiger partial charge in [-0.05, 0) is 0 Å². The molecule has 0 aliphatic heterocycles. The van der Waals surface area contributed by atoms with E-state index in [1.807, 2.05) is 0 Å². The van der Waals surface area contributed by atoms with Gasteiger partial charge in [0, 0.05) is 0 Å². The predicted molar refractivity (Wildman–Crippen MR) is 16.3 cm³/mol. The molecule has 0 spiro atoms. The smallest absolute Gasteiger partial charge is 0.0689 e. The van der Waals surface area contributed by atoms with Crippen molar-refractivity contribution in [3.63, 3.8) is 0 Å². The zero-order chi connectivity index (χ0) is 5.58. The Morgan fingerprint density at radius 3 is 1.50 bits per heavy atom. The Balaban J connectivity index is 0. The molecular weight excluding hydrogens is 92.0 g/mol. The van der Waals surface area contributed by atoms with Crippen LogP contribution in [-0.2, 0) is 0 Å². The van der Waals surface area contributed by atoms with E-state index in [0.29, 0.717) is 0 Å². The van der Waals surface area contributed by atoms with Gasteiger partial charge in [-0.15, -0.1) is 0 Å². The first-order chi connectivity index (χ1) is 2.73. The van der Waals surface area contributed by atoms with E-state index in [2.05, 4.69) is 5.90 Å². The van der Waals surface area contributed by atoms with Crippen molar-refractivity contribution in [2.45, 2.75) is 0 Å². The summed E-state index contributed by atoms with van der Waals surface area (Å²) in [6.45, 7) is 0. The van der Waals surface area contributed by atoms with Crippen LogP contribution in [0.1, 0.15) is 0 Å². The highest BCUT2D eigenvalue weighted by atomic mass is 16.9. The van der Waals surface area contributed by atoms with Crippen molar-refractivity contribution in [3.8, 4) is 0 Å². The van der Waals surface area contributed by atoms with Crippen LogP contribution in [0, 0.1) is 15.3 Å². The van der Waals surface area contributed by atoms with Gasteiger partial charge >= 0.3 is 0 Å². The second-order valence-electron chi connectivity index (χ2n) is 0.224. The van der Waals surface area contributed by atoms with Gasteiger partial charge in [0.15, 0.2) is 0 Å². The SMILES string of the molecule is NO.O=[N+]([O-])[O-]. The summed E-state index contributed by atoms with van der Waals surface area (Å²) in [4.78, 5) is 8.25. The monoisotopic (exact) mass is 95.0 g/mol. The number of hydrogen-bond acceptors (Lipinski definition) is 5. The maximum absolute atomic E-state index is 8.25. The van der Waals surface area contributed by atoms with Gasteiger partial charge in [0.1, 0.15) is 0 Å². The zero-order valence-corrected chi connectivity index (χ0v) is 2.70. The molecule has 0 aromatic carbocycles. The van der Waals surface area contributed by atoms with Gasteiger partial charge in [0.2, 0.25) is 0 Å². The Hall–Kier alpha value is -0.880. The highest BCUT2D eigenvalue weighted by Crippen LogP contribution is 1.44. The van der Waals surface area contributed by atoms with Crippen molar-refractivity contribution < 1.29 is 10.3 Å². The third kappa shape index (κ3) is 18.1. The Labute approximate surface area is 32.9 Å². The minimum absolute atomic E-state index is 1.75. The molecule has 0 aromatic rings. The second-order valence-corrected chi connectivity index (χ2v) is 0.224. The van der Waals surface area contributed by atoms with Gasteiger partial charge in [-0.25, -0.2) is 5.90 Å². The van der Waals surface area contributed by atoms with Gasteiger partial charge < -0.3 is 20.5 Å². The molecule has 0 aliphatic carbocycles. The fourth-order valence-corrected chi connectivity index (χ4v) is 0. The largest absolute Gasteiger partial charge is 0.356 e. The third-order valence-corrected chi connectivity index (χ3v) is 0. The summed E-state index contributed by atoms with van der Waals surface area (Å²) in [6, 6.07) is 0. The van der Waals surface area contributed by atoms with Crippen molar-refractivity contribution in [2.24, 2.45) is 5.90 Å². The maximum atomic E-state index is 8.25. The van der Waals surface area contributed by atoms with Crippen LogP contribution in [0.4, 0.5) is 0 Å². The molecule has 0 heterocycles. The highest BCUT2D eigenvalue weighted by Gasteiger charge is 1.45. The van der Waals surface area contributed by atoms with Crippen LogP contribution < -0.4 is 5.90 Å². The van der Waals surface area contributed by atoms with Crippen molar-refractivity contribution in [1.82, 2.24) is 0 Å². The second kappa shape index (κ2) is 8.92. The first-order valence-electron chi connectivity index (χ1n) is 0.806. The minimum Gasteiger partial charge on any atom is -0.356 e. The average molecular weight is 95.0 g/mol. The summed E-state index contributed by atoms with van der Waals surface area (Å²) in [6.07, 6.45) is 0. The van der Waals surface area contributed by atoms with Crippen LogP contribution in [0.25, 0.3) is 0 Å². The lowest BCUT2D eigenvalue weighted by Crippen LogP contribution is -1.74. The molecule has 6 nitrogen and oxygen atoms in total. The molecule has 0 unspecified atom stereocenters. The summed E-state index contributed by atoms with van der Waals surface area (Å²) >= 11 is 0. The number of hydrogen-bond donors (Lipinski definition) is 2. The normalized spacial score (nSPS) is 5.00. The Morgan fingerprint density at radius 1 is 1.50 bits per heavy atom. The lowest BCUT2D eigenvalue weighted by molar-refractivity contribution is -0.402. The molecule has 0 aliphatic rings. The molecule has 38 valence electrons. The van der Waals surface area contributed by atoms with Gasteiger partial charge in [-0.1, -0.05) is 0 Å². The number of nitrogens with two attached hydrogens (primary N) is 1. The van der Waals surface area contributed by atoms with Crippen molar-refractivity contribution in [3.05, 3.63) is 15.3 Å². The number of rotatable bonds is 0. The van der Waals surface area contributed by atoms with Gasteiger partial charge in [-0.2, -0.15) is 0 Å². The lowest BCUT2D eigenvalue weighted by atomic mass is 13.1. The van der Waals surface area contributed by atoms with Crippen LogP contribution in [0.15, 0.2) is 0 Å². The fraction of sp³-hybridized carbons (Fsp3) is 0. The quantitative estimate of drug-likeness (QED) is 0.299. The molecule has 3 N–H and O–H groups in total. The van der Waals surface area contributed by atoms with Crippen LogP contribution in [0.3, 0.4) is 0 Å². The van der Waals surface area contributed by atoms with Crippen LogP contribution >= 0.6 is 0 Å². The van der Waals surface area contributed by atoms with E-state index in [-0.39, 0.29) is 0 Å². The molecule has 0 amide bonds. The maximum Gasteiger partial charge on any atom is 0.0689 e. The molecule has 0 aromatic heterocycles.